The van der Waals surface area contributed by atoms with Crippen molar-refractivity contribution >= 4 is 28.5 Å². The monoisotopic (exact) mass is 382 g/mol. The van der Waals surface area contributed by atoms with Gasteiger partial charge in [-0.2, -0.15) is 0 Å². The van der Waals surface area contributed by atoms with Gasteiger partial charge in [-0.1, -0.05) is 13.0 Å². The van der Waals surface area contributed by atoms with Crippen molar-refractivity contribution in [1.82, 2.24) is 14.9 Å². The molecule has 2 amide bonds. The molecule has 0 unspecified atom stereocenters. The first-order chi connectivity index (χ1) is 13.5. The maximum Gasteiger partial charge on any atom is 0.251 e. The summed E-state index contributed by atoms with van der Waals surface area (Å²) in [5.41, 5.74) is 2.73. The first-order valence-electron chi connectivity index (χ1n) is 9.27. The average molecular weight is 382 g/mol. The molecule has 1 aromatic heterocycles. The van der Waals surface area contributed by atoms with Crippen molar-refractivity contribution in [3.8, 4) is 0 Å². The zero-order valence-corrected chi connectivity index (χ0v) is 16.0. The number of carbonyl (C=O) groups is 2. The molecule has 0 saturated heterocycles. The smallest absolute Gasteiger partial charge is 0.251 e. The van der Waals surface area contributed by atoms with Gasteiger partial charge in [0, 0.05) is 37.7 Å². The number of nitrogens with zero attached hydrogens (tertiary/aromatic N) is 2. The molecule has 28 heavy (non-hydrogen) atoms. The molecule has 0 aliphatic carbocycles. The lowest BCUT2D eigenvalue weighted by molar-refractivity contribution is -0.116. The molecule has 1 heterocycles. The summed E-state index contributed by atoms with van der Waals surface area (Å²) in [6, 6.07) is 11.2. The van der Waals surface area contributed by atoms with Crippen molar-refractivity contribution in [2.24, 2.45) is 7.05 Å². The van der Waals surface area contributed by atoms with Crippen LogP contribution in [-0.2, 0) is 18.3 Å². The number of halogens is 1. The third-order valence-electron chi connectivity index (χ3n) is 4.46. The van der Waals surface area contributed by atoms with Crippen molar-refractivity contribution in [3.63, 3.8) is 0 Å². The number of rotatable bonds is 7. The van der Waals surface area contributed by atoms with Gasteiger partial charge in [0.2, 0.25) is 5.91 Å². The maximum atomic E-state index is 13.2. The largest absolute Gasteiger partial charge is 0.352 e. The molecule has 7 heteroatoms. The van der Waals surface area contributed by atoms with Crippen LogP contribution in [0.5, 0.6) is 0 Å². The zero-order chi connectivity index (χ0) is 20.1. The number of carbonyl (C=O) groups excluding carboxylic acids is 2. The fourth-order valence-corrected chi connectivity index (χ4v) is 3.02. The minimum Gasteiger partial charge on any atom is -0.352 e. The Morgan fingerprint density at radius 3 is 2.75 bits per heavy atom. The molecular weight excluding hydrogens is 359 g/mol. The summed E-state index contributed by atoms with van der Waals surface area (Å²) in [6.07, 6.45) is 1.81. The molecule has 0 atom stereocenters. The molecule has 0 fully saturated rings. The number of benzene rings is 2. The summed E-state index contributed by atoms with van der Waals surface area (Å²) in [6.45, 7) is 2.34. The van der Waals surface area contributed by atoms with Crippen molar-refractivity contribution in [2.45, 2.75) is 26.2 Å². The molecule has 0 radical (unpaired) electrons. The van der Waals surface area contributed by atoms with Gasteiger partial charge in [-0.3, -0.25) is 9.59 Å². The topological polar surface area (TPSA) is 76.0 Å². The highest BCUT2D eigenvalue weighted by molar-refractivity contribution is 5.94. The van der Waals surface area contributed by atoms with Crippen LogP contribution in [0.15, 0.2) is 42.5 Å². The van der Waals surface area contributed by atoms with Gasteiger partial charge in [0.15, 0.2) is 0 Å². The Balaban J connectivity index is 1.65. The predicted octanol–water partition coefficient (Wildman–Crippen LogP) is 3.42. The number of amides is 2. The molecule has 0 aliphatic heterocycles. The second kappa shape index (κ2) is 8.65. The van der Waals surface area contributed by atoms with Crippen LogP contribution >= 0.6 is 0 Å². The quantitative estimate of drug-likeness (QED) is 0.657. The Kier molecular flexibility index (Phi) is 6.03. The van der Waals surface area contributed by atoms with Crippen LogP contribution in [0.25, 0.3) is 11.0 Å². The average Bonchev–Trinajstić information content (AvgIpc) is 2.97. The molecule has 0 aliphatic rings. The van der Waals surface area contributed by atoms with Crippen molar-refractivity contribution in [3.05, 3.63) is 59.7 Å². The Labute approximate surface area is 162 Å². The maximum absolute atomic E-state index is 13.2. The second-order valence-corrected chi connectivity index (χ2v) is 6.60. The number of nitrogens with one attached hydrogen (secondary N) is 2. The Bertz CT molecular complexity index is 1010. The molecule has 3 aromatic rings. The van der Waals surface area contributed by atoms with E-state index in [2.05, 4.69) is 15.6 Å². The van der Waals surface area contributed by atoms with Crippen LogP contribution in [0.2, 0.25) is 0 Å². The molecule has 0 saturated carbocycles. The normalized spacial score (nSPS) is 10.8. The number of aromatic nitrogens is 2. The van der Waals surface area contributed by atoms with Crippen LogP contribution in [0, 0.1) is 5.82 Å². The summed E-state index contributed by atoms with van der Waals surface area (Å²) in [7, 11) is 1.91. The summed E-state index contributed by atoms with van der Waals surface area (Å²) in [4.78, 5) is 28.5. The first kappa shape index (κ1) is 19.5. The standard InChI is InChI=1S/C21H23FN4O2/c1-3-5-20(27)24-16-8-9-18-17(13-16)25-19(26(18)2)10-11-23-21(28)14-6-4-7-15(22)12-14/h4,6-9,12-13H,3,5,10-11H2,1-2H3,(H,23,28)(H,24,27). The van der Waals surface area contributed by atoms with Gasteiger partial charge in [-0.15, -0.1) is 0 Å². The number of anilines is 1. The summed E-state index contributed by atoms with van der Waals surface area (Å²) < 4.78 is 15.2. The van der Waals surface area contributed by atoms with E-state index in [9.17, 15) is 14.0 Å². The van der Waals surface area contributed by atoms with Crippen LogP contribution in [0.1, 0.15) is 35.9 Å². The molecule has 2 aromatic carbocycles. The van der Waals surface area contributed by atoms with Crippen LogP contribution < -0.4 is 10.6 Å². The van der Waals surface area contributed by atoms with Gasteiger partial charge < -0.3 is 15.2 Å². The number of aryl methyl sites for hydroxylation is 1. The van der Waals surface area contributed by atoms with E-state index in [1.54, 1.807) is 6.07 Å². The minimum absolute atomic E-state index is 0.0157. The van der Waals surface area contributed by atoms with Gasteiger partial charge in [0.1, 0.15) is 11.6 Å². The van der Waals surface area contributed by atoms with Crippen LogP contribution in [0.4, 0.5) is 10.1 Å². The molecule has 6 nitrogen and oxygen atoms in total. The van der Waals surface area contributed by atoms with Crippen LogP contribution in [0.3, 0.4) is 0 Å². The summed E-state index contributed by atoms with van der Waals surface area (Å²) in [5.74, 6) is 0.0358. The van der Waals surface area contributed by atoms with E-state index < -0.39 is 5.82 Å². The third kappa shape index (κ3) is 4.54. The van der Waals surface area contributed by atoms with Gasteiger partial charge in [0.25, 0.3) is 5.91 Å². The van der Waals surface area contributed by atoms with E-state index in [1.807, 2.05) is 36.7 Å². The van der Waals surface area contributed by atoms with Gasteiger partial charge in [-0.05, 0) is 42.8 Å². The SMILES string of the molecule is CCCC(=O)Nc1ccc2c(c1)nc(CCNC(=O)c1cccc(F)c1)n2C. The molecule has 146 valence electrons. The number of fused-ring (bicyclic) bond motifs is 1. The van der Waals surface area contributed by atoms with Gasteiger partial charge in [-0.25, -0.2) is 9.37 Å². The first-order valence-corrected chi connectivity index (χ1v) is 9.27. The highest BCUT2D eigenvalue weighted by Crippen LogP contribution is 2.20. The van der Waals surface area contributed by atoms with Crippen LogP contribution in [-0.4, -0.2) is 27.9 Å². The lowest BCUT2D eigenvalue weighted by Gasteiger charge is -2.06. The van der Waals surface area contributed by atoms with E-state index in [0.29, 0.717) is 19.4 Å². The molecule has 2 N–H and O–H groups in total. The third-order valence-corrected chi connectivity index (χ3v) is 4.46. The minimum atomic E-state index is -0.440. The van der Waals surface area contributed by atoms with E-state index in [-0.39, 0.29) is 17.4 Å². The van der Waals surface area contributed by atoms with Crippen molar-refractivity contribution in [2.75, 3.05) is 11.9 Å². The second-order valence-electron chi connectivity index (χ2n) is 6.60. The zero-order valence-electron chi connectivity index (χ0n) is 16.0. The highest BCUT2D eigenvalue weighted by Gasteiger charge is 2.11. The van der Waals surface area contributed by atoms with E-state index in [1.165, 1.54) is 18.2 Å². The number of imidazole rings is 1. The molecule has 0 spiro atoms. The Morgan fingerprint density at radius 2 is 2.00 bits per heavy atom. The molecule has 3 rings (SSSR count). The number of hydrogen-bond acceptors (Lipinski definition) is 3. The fraction of sp³-hybridized carbons (Fsp3) is 0.286. The number of hydrogen-bond donors (Lipinski definition) is 2. The predicted molar refractivity (Wildman–Crippen MR) is 107 cm³/mol. The van der Waals surface area contributed by atoms with Gasteiger partial charge >= 0.3 is 0 Å². The van der Waals surface area contributed by atoms with Gasteiger partial charge in [0.05, 0.1) is 11.0 Å². The van der Waals surface area contributed by atoms with E-state index >= 15 is 0 Å². The highest BCUT2D eigenvalue weighted by atomic mass is 19.1. The Morgan fingerprint density at radius 1 is 1.18 bits per heavy atom. The van der Waals surface area contributed by atoms with Crippen molar-refractivity contribution < 1.29 is 14.0 Å². The van der Waals surface area contributed by atoms with Crippen molar-refractivity contribution in [1.29, 1.82) is 0 Å². The Hall–Kier alpha value is -3.22. The lowest BCUT2D eigenvalue weighted by atomic mass is 10.2. The fourth-order valence-electron chi connectivity index (χ4n) is 3.02. The summed E-state index contributed by atoms with van der Waals surface area (Å²) >= 11 is 0. The van der Waals surface area contributed by atoms with E-state index in [0.717, 1.165) is 29.0 Å². The molecule has 0 bridgehead atoms. The molecular formula is C21H23FN4O2. The summed E-state index contributed by atoms with van der Waals surface area (Å²) in [5, 5.41) is 5.65. The lowest BCUT2D eigenvalue weighted by Crippen LogP contribution is -2.26. The van der Waals surface area contributed by atoms with E-state index in [4.69, 9.17) is 0 Å².